The number of fused-ring (bicyclic) bond motifs is 2. The fourth-order valence-electron chi connectivity index (χ4n) is 5.06. The maximum atomic E-state index is 15.7. The van der Waals surface area contributed by atoms with Crippen molar-refractivity contribution in [2.45, 2.75) is 25.8 Å². The molecule has 8 nitrogen and oxygen atoms in total. The zero-order valence-corrected chi connectivity index (χ0v) is 20.3. The summed E-state index contributed by atoms with van der Waals surface area (Å²) in [5.74, 6) is -0.494. The van der Waals surface area contributed by atoms with Crippen LogP contribution in [0.2, 0.25) is 0 Å². The average Bonchev–Trinajstić information content (AvgIpc) is 3.45. The molecule has 5 aromatic rings. The number of nitriles is 1. The average molecular weight is 500 g/mol. The molecule has 0 radical (unpaired) electrons. The number of hydrogen-bond donors (Lipinski definition) is 1. The highest BCUT2D eigenvalue weighted by molar-refractivity contribution is 6.07. The Morgan fingerprint density at radius 1 is 1.11 bits per heavy atom. The molecule has 1 aliphatic heterocycles. The van der Waals surface area contributed by atoms with Crippen LogP contribution in [0.1, 0.15) is 24.1 Å². The summed E-state index contributed by atoms with van der Waals surface area (Å²) >= 11 is 0. The molecule has 0 amide bonds. The molecule has 186 valence electrons. The molecule has 10 heteroatoms. The van der Waals surface area contributed by atoms with E-state index in [1.807, 2.05) is 13.1 Å². The quantitative estimate of drug-likeness (QED) is 0.379. The van der Waals surface area contributed by atoms with Crippen molar-refractivity contribution in [3.05, 3.63) is 59.4 Å². The van der Waals surface area contributed by atoms with Crippen molar-refractivity contribution in [1.82, 2.24) is 19.9 Å². The molecule has 37 heavy (non-hydrogen) atoms. The van der Waals surface area contributed by atoms with Gasteiger partial charge in [-0.15, -0.1) is 0 Å². The standard InChI is InChI=1S/C27H23F2N7O/c1-14-18-10-22(29)19(11-23(18)37-34-14)24-20-13-32-35(2)26(20)27(36-7-5-17(31)6-8-36)33-25(24)15-3-4-16(12-30)21(28)9-15/h3-4,9-11,13,17H,5-8,31H2,1-2H3. The molecule has 1 fully saturated rings. The second-order valence-electron chi connectivity index (χ2n) is 9.42. The Kier molecular flexibility index (Phi) is 5.38. The Morgan fingerprint density at radius 3 is 2.62 bits per heavy atom. The summed E-state index contributed by atoms with van der Waals surface area (Å²) in [5, 5.41) is 18.9. The smallest absolute Gasteiger partial charge is 0.167 e. The summed E-state index contributed by atoms with van der Waals surface area (Å²) in [7, 11) is 1.81. The first-order chi connectivity index (χ1) is 17.9. The number of anilines is 1. The summed E-state index contributed by atoms with van der Waals surface area (Å²) in [5.41, 5.74) is 9.29. The Labute approximate surface area is 210 Å². The highest BCUT2D eigenvalue weighted by Gasteiger charge is 2.27. The van der Waals surface area contributed by atoms with Gasteiger partial charge in [0.1, 0.15) is 23.2 Å². The molecule has 0 unspecified atom stereocenters. The van der Waals surface area contributed by atoms with Gasteiger partial charge in [0.05, 0.1) is 23.1 Å². The predicted octanol–water partition coefficient (Wildman–Crippen LogP) is 4.83. The molecule has 0 saturated carbocycles. The van der Waals surface area contributed by atoms with Crippen LogP contribution < -0.4 is 10.6 Å². The second-order valence-corrected chi connectivity index (χ2v) is 9.42. The highest BCUT2D eigenvalue weighted by atomic mass is 19.1. The molecule has 2 N–H and O–H groups in total. The number of nitrogens with zero attached hydrogens (tertiary/aromatic N) is 6. The Hall–Kier alpha value is -4.36. The minimum absolute atomic E-state index is 0.0808. The van der Waals surface area contributed by atoms with Crippen LogP contribution in [-0.2, 0) is 7.05 Å². The third-order valence-corrected chi connectivity index (χ3v) is 7.09. The molecule has 3 aromatic heterocycles. The maximum Gasteiger partial charge on any atom is 0.167 e. The molecule has 6 rings (SSSR count). The topological polar surface area (TPSA) is 110 Å². The zero-order valence-electron chi connectivity index (χ0n) is 20.3. The van der Waals surface area contributed by atoms with E-state index in [1.54, 1.807) is 29.9 Å². The zero-order chi connectivity index (χ0) is 25.8. The largest absolute Gasteiger partial charge is 0.356 e. The third-order valence-electron chi connectivity index (χ3n) is 7.09. The highest BCUT2D eigenvalue weighted by Crippen LogP contribution is 2.43. The summed E-state index contributed by atoms with van der Waals surface area (Å²) in [6.07, 6.45) is 3.28. The van der Waals surface area contributed by atoms with Crippen LogP contribution in [0.15, 0.2) is 41.1 Å². The number of rotatable bonds is 3. The molecule has 2 aromatic carbocycles. The van der Waals surface area contributed by atoms with Crippen LogP contribution in [-0.4, -0.2) is 39.1 Å². The summed E-state index contributed by atoms with van der Waals surface area (Å²) in [4.78, 5) is 7.15. The summed E-state index contributed by atoms with van der Waals surface area (Å²) in [6, 6.07) is 9.24. The molecule has 0 spiro atoms. The van der Waals surface area contributed by atoms with Gasteiger partial charge >= 0.3 is 0 Å². The number of aryl methyl sites for hydroxylation is 2. The number of aromatic nitrogens is 4. The monoisotopic (exact) mass is 499 g/mol. The van der Waals surface area contributed by atoms with Gasteiger partial charge in [-0.25, -0.2) is 13.8 Å². The van der Waals surface area contributed by atoms with E-state index in [9.17, 15) is 9.65 Å². The predicted molar refractivity (Wildman–Crippen MR) is 136 cm³/mol. The van der Waals surface area contributed by atoms with Gasteiger partial charge in [0.25, 0.3) is 0 Å². The van der Waals surface area contributed by atoms with E-state index in [0.29, 0.717) is 57.8 Å². The molecule has 0 aliphatic carbocycles. The van der Waals surface area contributed by atoms with Crippen LogP contribution in [0.3, 0.4) is 0 Å². The first-order valence-electron chi connectivity index (χ1n) is 12.0. The SMILES string of the molecule is Cc1noc2cc(-c3c(-c4ccc(C#N)c(F)c4)nc(N4CCC(N)CC4)c4c3cnn4C)c(F)cc12. The van der Waals surface area contributed by atoms with Gasteiger partial charge in [0.15, 0.2) is 11.4 Å². The fourth-order valence-corrected chi connectivity index (χ4v) is 5.06. The molecule has 1 saturated heterocycles. The van der Waals surface area contributed by atoms with Crippen LogP contribution in [0.5, 0.6) is 0 Å². The third kappa shape index (κ3) is 3.70. The molecule has 1 aliphatic rings. The number of benzene rings is 2. The summed E-state index contributed by atoms with van der Waals surface area (Å²) in [6.45, 7) is 3.15. The van der Waals surface area contributed by atoms with Crippen LogP contribution in [0.25, 0.3) is 44.3 Å². The Morgan fingerprint density at radius 2 is 1.89 bits per heavy atom. The van der Waals surface area contributed by atoms with Crippen LogP contribution in [0, 0.1) is 29.9 Å². The number of halogens is 2. The van der Waals surface area contributed by atoms with Crippen LogP contribution >= 0.6 is 0 Å². The molecular weight excluding hydrogens is 476 g/mol. The van der Waals surface area contributed by atoms with E-state index in [4.69, 9.17) is 15.2 Å². The number of nitrogens with two attached hydrogens (primary N) is 1. The first kappa shape index (κ1) is 23.1. The van der Waals surface area contributed by atoms with Gasteiger partial charge in [-0.05, 0) is 44.0 Å². The molecule has 0 atom stereocenters. The minimum Gasteiger partial charge on any atom is -0.356 e. The van der Waals surface area contributed by atoms with Gasteiger partial charge in [-0.1, -0.05) is 11.2 Å². The van der Waals surface area contributed by atoms with Crippen molar-refractivity contribution in [2.24, 2.45) is 12.8 Å². The Balaban J connectivity index is 1.68. The van der Waals surface area contributed by atoms with Gasteiger partial charge < -0.3 is 15.2 Å². The van der Waals surface area contributed by atoms with Gasteiger partial charge in [0.2, 0.25) is 0 Å². The fraction of sp³-hybridized carbons (Fsp3) is 0.259. The van der Waals surface area contributed by atoms with E-state index < -0.39 is 11.6 Å². The van der Waals surface area contributed by atoms with E-state index >= 15 is 4.39 Å². The molecule has 4 heterocycles. The molecular formula is C27H23F2N7O. The van der Waals surface area contributed by atoms with Crippen molar-refractivity contribution in [2.75, 3.05) is 18.0 Å². The van der Waals surface area contributed by atoms with Gasteiger partial charge in [-0.3, -0.25) is 4.68 Å². The van der Waals surface area contributed by atoms with E-state index in [1.165, 1.54) is 18.2 Å². The normalized spacial score (nSPS) is 14.5. The van der Waals surface area contributed by atoms with E-state index in [-0.39, 0.29) is 17.2 Å². The molecule has 0 bridgehead atoms. The van der Waals surface area contributed by atoms with Crippen molar-refractivity contribution in [3.63, 3.8) is 0 Å². The lowest BCUT2D eigenvalue weighted by atomic mass is 9.94. The summed E-state index contributed by atoms with van der Waals surface area (Å²) < 4.78 is 37.7. The van der Waals surface area contributed by atoms with Gasteiger partial charge in [-0.2, -0.15) is 10.4 Å². The van der Waals surface area contributed by atoms with Crippen molar-refractivity contribution >= 4 is 27.7 Å². The van der Waals surface area contributed by atoms with Crippen molar-refractivity contribution in [1.29, 1.82) is 5.26 Å². The van der Waals surface area contributed by atoms with Crippen molar-refractivity contribution < 1.29 is 13.3 Å². The second kappa shape index (κ2) is 8.64. The number of hydrogen-bond acceptors (Lipinski definition) is 7. The first-order valence-corrected chi connectivity index (χ1v) is 12.0. The minimum atomic E-state index is -0.675. The van der Waals surface area contributed by atoms with E-state index in [0.717, 1.165) is 18.4 Å². The van der Waals surface area contributed by atoms with Crippen LogP contribution in [0.4, 0.5) is 14.6 Å². The van der Waals surface area contributed by atoms with E-state index in [2.05, 4.69) is 15.2 Å². The van der Waals surface area contributed by atoms with Gasteiger partial charge in [0, 0.05) is 53.6 Å². The lowest BCUT2D eigenvalue weighted by Crippen LogP contribution is -2.40. The number of pyridine rings is 1. The lowest BCUT2D eigenvalue weighted by molar-refractivity contribution is 0.450. The van der Waals surface area contributed by atoms with Crippen molar-refractivity contribution in [3.8, 4) is 28.5 Å². The lowest BCUT2D eigenvalue weighted by Gasteiger charge is -2.32. The maximum absolute atomic E-state index is 15.7. The number of piperidine rings is 1. The Bertz CT molecular complexity index is 1720.